The Morgan fingerprint density at radius 3 is 2.43 bits per heavy atom. The zero-order valence-electron chi connectivity index (χ0n) is 13.0. The molecule has 2 N–H and O–H groups in total. The molecule has 0 spiro atoms. The third kappa shape index (κ3) is 2.50. The molecular weight excluding hydrogens is 288 g/mol. The van der Waals surface area contributed by atoms with Gasteiger partial charge in [-0.05, 0) is 25.0 Å². The van der Waals surface area contributed by atoms with Crippen molar-refractivity contribution in [2.75, 3.05) is 23.7 Å². The van der Waals surface area contributed by atoms with Crippen LogP contribution in [0.25, 0.3) is 16.9 Å². The fourth-order valence-electron chi connectivity index (χ4n) is 3.23. The molecule has 6 heteroatoms. The van der Waals surface area contributed by atoms with Gasteiger partial charge in [-0.2, -0.15) is 0 Å². The summed E-state index contributed by atoms with van der Waals surface area (Å²) in [6, 6.07) is 7.98. The Kier molecular flexibility index (Phi) is 3.57. The van der Waals surface area contributed by atoms with Gasteiger partial charge in [-0.3, -0.25) is 4.57 Å². The van der Waals surface area contributed by atoms with Gasteiger partial charge in [0.15, 0.2) is 11.6 Å². The predicted molar refractivity (Wildman–Crippen MR) is 91.8 cm³/mol. The quantitative estimate of drug-likeness (QED) is 0.788. The summed E-state index contributed by atoms with van der Waals surface area (Å²) in [4.78, 5) is 15.6. The molecule has 2 aromatic heterocycles. The van der Waals surface area contributed by atoms with Gasteiger partial charge in [0.05, 0.1) is 11.0 Å². The molecule has 0 saturated carbocycles. The highest BCUT2D eigenvalue weighted by atomic mass is 15.2. The van der Waals surface area contributed by atoms with Crippen LogP contribution in [-0.2, 0) is 0 Å². The van der Waals surface area contributed by atoms with Crippen LogP contribution in [0.4, 0.5) is 11.5 Å². The highest BCUT2D eigenvalue weighted by Gasteiger charge is 2.18. The molecule has 23 heavy (non-hydrogen) atoms. The second-order valence-corrected chi connectivity index (χ2v) is 5.94. The SMILES string of the molecule is Nc1c(N2CCCCCC2)ncnc1-n1cnc2ccccc21. The van der Waals surface area contributed by atoms with Gasteiger partial charge in [0.2, 0.25) is 0 Å². The van der Waals surface area contributed by atoms with E-state index in [1.165, 1.54) is 25.7 Å². The Balaban J connectivity index is 1.79. The van der Waals surface area contributed by atoms with Crippen LogP contribution in [-0.4, -0.2) is 32.6 Å². The maximum atomic E-state index is 6.43. The number of nitrogens with two attached hydrogens (primary N) is 1. The lowest BCUT2D eigenvalue weighted by Gasteiger charge is -2.23. The number of anilines is 2. The van der Waals surface area contributed by atoms with Crippen LogP contribution in [0.1, 0.15) is 25.7 Å². The van der Waals surface area contributed by atoms with Crippen molar-refractivity contribution >= 4 is 22.5 Å². The Morgan fingerprint density at radius 2 is 1.61 bits per heavy atom. The maximum Gasteiger partial charge on any atom is 0.167 e. The molecule has 6 nitrogen and oxygen atoms in total. The number of hydrogen-bond donors (Lipinski definition) is 1. The molecule has 0 bridgehead atoms. The molecule has 0 radical (unpaired) electrons. The molecule has 1 saturated heterocycles. The molecule has 3 aromatic rings. The number of imidazole rings is 1. The lowest BCUT2D eigenvalue weighted by atomic mass is 10.2. The Morgan fingerprint density at radius 1 is 0.870 bits per heavy atom. The number of aromatic nitrogens is 4. The summed E-state index contributed by atoms with van der Waals surface area (Å²) < 4.78 is 1.94. The molecule has 1 aliphatic rings. The summed E-state index contributed by atoms with van der Waals surface area (Å²) >= 11 is 0. The van der Waals surface area contributed by atoms with Crippen molar-refractivity contribution in [1.82, 2.24) is 19.5 Å². The second-order valence-electron chi connectivity index (χ2n) is 5.94. The molecule has 1 aliphatic heterocycles. The molecule has 118 valence electrons. The predicted octanol–water partition coefficient (Wildman–Crippen LogP) is 2.78. The van der Waals surface area contributed by atoms with E-state index in [0.29, 0.717) is 11.5 Å². The molecule has 1 aromatic carbocycles. The largest absolute Gasteiger partial charge is 0.393 e. The van der Waals surface area contributed by atoms with E-state index in [2.05, 4.69) is 19.9 Å². The van der Waals surface area contributed by atoms with Crippen molar-refractivity contribution in [1.29, 1.82) is 0 Å². The van der Waals surface area contributed by atoms with Crippen molar-refractivity contribution in [2.24, 2.45) is 0 Å². The van der Waals surface area contributed by atoms with Gasteiger partial charge in [-0.15, -0.1) is 0 Å². The number of para-hydroxylation sites is 2. The van der Waals surface area contributed by atoms with E-state index < -0.39 is 0 Å². The minimum Gasteiger partial charge on any atom is -0.393 e. The van der Waals surface area contributed by atoms with Crippen molar-refractivity contribution < 1.29 is 0 Å². The van der Waals surface area contributed by atoms with Crippen molar-refractivity contribution in [2.45, 2.75) is 25.7 Å². The first-order valence-corrected chi connectivity index (χ1v) is 8.12. The van der Waals surface area contributed by atoms with Gasteiger partial charge in [-0.25, -0.2) is 15.0 Å². The fourth-order valence-corrected chi connectivity index (χ4v) is 3.23. The van der Waals surface area contributed by atoms with Crippen molar-refractivity contribution in [3.05, 3.63) is 36.9 Å². The lowest BCUT2D eigenvalue weighted by Crippen LogP contribution is -2.26. The zero-order chi connectivity index (χ0) is 15.6. The number of nitrogens with zero attached hydrogens (tertiary/aromatic N) is 5. The smallest absolute Gasteiger partial charge is 0.167 e. The minimum absolute atomic E-state index is 0.623. The first kappa shape index (κ1) is 14.0. The zero-order valence-corrected chi connectivity index (χ0v) is 13.0. The van der Waals surface area contributed by atoms with Gasteiger partial charge in [0.25, 0.3) is 0 Å². The fraction of sp³-hybridized carbons (Fsp3) is 0.353. The number of fused-ring (bicyclic) bond motifs is 1. The average Bonchev–Trinajstić information content (AvgIpc) is 2.82. The Hall–Kier alpha value is -2.63. The van der Waals surface area contributed by atoms with Crippen LogP contribution in [0.3, 0.4) is 0 Å². The maximum absolute atomic E-state index is 6.43. The van der Waals surface area contributed by atoms with Crippen LogP contribution >= 0.6 is 0 Å². The van der Waals surface area contributed by atoms with Crippen LogP contribution in [0.5, 0.6) is 0 Å². The molecule has 1 fully saturated rings. The molecule has 3 heterocycles. The lowest BCUT2D eigenvalue weighted by molar-refractivity contribution is 0.726. The van der Waals surface area contributed by atoms with Crippen LogP contribution in [0, 0.1) is 0 Å². The van der Waals surface area contributed by atoms with Gasteiger partial charge >= 0.3 is 0 Å². The van der Waals surface area contributed by atoms with E-state index in [1.807, 2.05) is 28.8 Å². The molecule has 0 amide bonds. The summed E-state index contributed by atoms with van der Waals surface area (Å²) in [6.07, 6.45) is 8.30. The summed E-state index contributed by atoms with van der Waals surface area (Å²) in [5, 5.41) is 0. The topological polar surface area (TPSA) is 72.9 Å². The summed E-state index contributed by atoms with van der Waals surface area (Å²) in [5.74, 6) is 1.54. The van der Waals surface area contributed by atoms with Gasteiger partial charge < -0.3 is 10.6 Å². The molecule has 0 unspecified atom stereocenters. The number of rotatable bonds is 2. The van der Waals surface area contributed by atoms with Crippen LogP contribution in [0.2, 0.25) is 0 Å². The van der Waals surface area contributed by atoms with Gasteiger partial charge in [0, 0.05) is 13.1 Å². The number of hydrogen-bond acceptors (Lipinski definition) is 5. The van der Waals surface area contributed by atoms with Crippen LogP contribution < -0.4 is 10.6 Å². The Labute approximate surface area is 135 Å². The molecular formula is C17H20N6. The number of nitrogen functional groups attached to an aromatic ring is 1. The monoisotopic (exact) mass is 308 g/mol. The van der Waals surface area contributed by atoms with E-state index in [1.54, 1.807) is 12.7 Å². The third-order valence-corrected chi connectivity index (χ3v) is 4.43. The first-order valence-electron chi connectivity index (χ1n) is 8.12. The molecule has 0 aliphatic carbocycles. The van der Waals surface area contributed by atoms with Gasteiger partial charge in [0.1, 0.15) is 18.3 Å². The molecule has 0 atom stereocenters. The second kappa shape index (κ2) is 5.87. The minimum atomic E-state index is 0.623. The Bertz CT molecular complexity index is 817. The number of benzene rings is 1. The van der Waals surface area contributed by atoms with E-state index >= 15 is 0 Å². The van der Waals surface area contributed by atoms with Crippen molar-refractivity contribution in [3.63, 3.8) is 0 Å². The third-order valence-electron chi connectivity index (χ3n) is 4.43. The van der Waals surface area contributed by atoms with E-state index in [4.69, 9.17) is 5.73 Å². The van der Waals surface area contributed by atoms with Crippen LogP contribution in [0.15, 0.2) is 36.9 Å². The first-order chi connectivity index (χ1) is 11.3. The van der Waals surface area contributed by atoms with E-state index in [9.17, 15) is 0 Å². The standard InChI is InChI=1S/C17H20N6/c18-15-16(22-9-5-1-2-6-10-22)19-11-20-17(15)23-12-21-13-7-3-4-8-14(13)23/h3-4,7-8,11-12H,1-2,5-6,9-10,18H2. The highest BCUT2D eigenvalue weighted by molar-refractivity contribution is 5.80. The highest BCUT2D eigenvalue weighted by Crippen LogP contribution is 2.28. The van der Waals surface area contributed by atoms with E-state index in [-0.39, 0.29) is 0 Å². The summed E-state index contributed by atoms with van der Waals surface area (Å²) in [7, 11) is 0. The van der Waals surface area contributed by atoms with E-state index in [0.717, 1.165) is 29.9 Å². The summed E-state index contributed by atoms with van der Waals surface area (Å²) in [5.41, 5.74) is 8.99. The summed E-state index contributed by atoms with van der Waals surface area (Å²) in [6.45, 7) is 2.01. The average molecular weight is 308 g/mol. The van der Waals surface area contributed by atoms with Crippen molar-refractivity contribution in [3.8, 4) is 5.82 Å². The van der Waals surface area contributed by atoms with Gasteiger partial charge in [-0.1, -0.05) is 25.0 Å². The normalized spacial score (nSPS) is 15.7. The molecule has 4 rings (SSSR count).